The van der Waals surface area contributed by atoms with Crippen LogP contribution in [-0.2, 0) is 0 Å². The molecule has 0 aliphatic carbocycles. The van der Waals surface area contributed by atoms with Gasteiger partial charge in [-0.1, -0.05) is 6.07 Å². The van der Waals surface area contributed by atoms with Crippen molar-refractivity contribution in [1.29, 1.82) is 0 Å². The molecule has 0 atom stereocenters. The summed E-state index contributed by atoms with van der Waals surface area (Å²) in [6.07, 6.45) is 2.27. The fraction of sp³-hybridized carbons (Fsp3) is 0.438. The summed E-state index contributed by atoms with van der Waals surface area (Å²) in [7, 11) is 0. The van der Waals surface area contributed by atoms with Crippen molar-refractivity contribution in [2.75, 3.05) is 26.2 Å². The van der Waals surface area contributed by atoms with Gasteiger partial charge >= 0.3 is 0 Å². The molecule has 3 aliphatic rings. The van der Waals surface area contributed by atoms with Crippen LogP contribution in [0.2, 0.25) is 0 Å². The summed E-state index contributed by atoms with van der Waals surface area (Å²) < 4.78 is 0. The lowest BCUT2D eigenvalue weighted by Crippen LogP contribution is -2.41. The van der Waals surface area contributed by atoms with Crippen LogP contribution in [0.25, 0.3) is 9.75 Å². The van der Waals surface area contributed by atoms with Gasteiger partial charge in [-0.25, -0.2) is 0 Å². The van der Waals surface area contributed by atoms with Crippen molar-refractivity contribution in [2.45, 2.75) is 18.9 Å². The van der Waals surface area contributed by atoms with Crippen LogP contribution in [0.4, 0.5) is 0 Å². The number of carbonyl (C=O) groups excluding carboxylic acids is 1. The molecule has 1 amide bonds. The maximum absolute atomic E-state index is 12.8. The fourth-order valence-electron chi connectivity index (χ4n) is 3.30. The molecular formula is C16H18N2OS2. The van der Waals surface area contributed by atoms with Crippen LogP contribution in [0.15, 0.2) is 29.6 Å². The molecule has 5 rings (SSSR count). The summed E-state index contributed by atoms with van der Waals surface area (Å²) >= 11 is 3.36. The molecule has 2 bridgehead atoms. The first kappa shape index (κ1) is 13.5. The molecule has 3 nitrogen and oxygen atoms in total. The molecule has 3 saturated heterocycles. The van der Waals surface area contributed by atoms with Gasteiger partial charge in [0.05, 0.1) is 4.88 Å². The lowest BCUT2D eigenvalue weighted by atomic mass is 10.1. The molecule has 3 fully saturated rings. The van der Waals surface area contributed by atoms with Gasteiger partial charge in [0.15, 0.2) is 0 Å². The van der Waals surface area contributed by atoms with Crippen molar-refractivity contribution >= 4 is 28.6 Å². The molecule has 21 heavy (non-hydrogen) atoms. The lowest BCUT2D eigenvalue weighted by molar-refractivity contribution is 0.0690. The quantitative estimate of drug-likeness (QED) is 0.847. The number of fused-ring (bicyclic) bond motifs is 4. The Morgan fingerprint density at radius 2 is 1.90 bits per heavy atom. The van der Waals surface area contributed by atoms with Crippen molar-refractivity contribution in [2.24, 2.45) is 0 Å². The zero-order chi connectivity index (χ0) is 14.2. The number of piperidine rings is 1. The molecule has 0 N–H and O–H groups in total. The Hall–Kier alpha value is -1.17. The van der Waals surface area contributed by atoms with Gasteiger partial charge in [0.1, 0.15) is 0 Å². The van der Waals surface area contributed by atoms with Crippen molar-refractivity contribution < 1.29 is 4.79 Å². The highest BCUT2D eigenvalue weighted by Crippen LogP contribution is 2.33. The minimum atomic E-state index is 0.233. The van der Waals surface area contributed by atoms with E-state index in [9.17, 15) is 4.79 Å². The van der Waals surface area contributed by atoms with Crippen molar-refractivity contribution in [1.82, 2.24) is 9.80 Å². The largest absolute Gasteiger partial charge is 0.334 e. The van der Waals surface area contributed by atoms with E-state index in [1.165, 1.54) is 9.75 Å². The van der Waals surface area contributed by atoms with Gasteiger partial charge in [0, 0.05) is 42.0 Å². The maximum atomic E-state index is 12.8. The highest BCUT2D eigenvalue weighted by Gasteiger charge is 2.32. The molecule has 0 aromatic carbocycles. The van der Waals surface area contributed by atoms with Gasteiger partial charge in [-0.2, -0.15) is 0 Å². The molecule has 2 aromatic heterocycles. The number of nitrogens with zero attached hydrogens (tertiary/aromatic N) is 2. The standard InChI is InChI=1S/C16H18N2OS2/c19-16(18-10-9-17-7-5-12(18)6-8-17)15-4-3-14(21-15)13-2-1-11-20-13/h1-4,11-12H,5-10H2. The molecule has 2 aromatic rings. The van der Waals surface area contributed by atoms with Crippen molar-refractivity contribution in [3.8, 4) is 9.75 Å². The number of rotatable bonds is 2. The lowest BCUT2D eigenvalue weighted by Gasteiger charge is -2.31. The minimum absolute atomic E-state index is 0.233. The highest BCUT2D eigenvalue weighted by molar-refractivity contribution is 7.22. The maximum Gasteiger partial charge on any atom is 0.264 e. The van der Waals surface area contributed by atoms with Gasteiger partial charge in [-0.05, 0) is 36.4 Å². The Balaban J connectivity index is 1.57. The zero-order valence-electron chi connectivity index (χ0n) is 11.8. The van der Waals surface area contributed by atoms with E-state index in [4.69, 9.17) is 0 Å². The van der Waals surface area contributed by atoms with Gasteiger partial charge in [-0.15, -0.1) is 22.7 Å². The topological polar surface area (TPSA) is 23.6 Å². The van der Waals surface area contributed by atoms with E-state index in [2.05, 4.69) is 33.4 Å². The van der Waals surface area contributed by atoms with E-state index in [-0.39, 0.29) is 5.91 Å². The Bertz CT molecular complexity index is 627. The average Bonchev–Trinajstić information content (AvgIpc) is 3.12. The summed E-state index contributed by atoms with van der Waals surface area (Å²) in [5.41, 5.74) is 0. The van der Waals surface area contributed by atoms with Gasteiger partial charge in [0.25, 0.3) is 5.91 Å². The monoisotopic (exact) mass is 318 g/mol. The minimum Gasteiger partial charge on any atom is -0.334 e. The summed E-state index contributed by atoms with van der Waals surface area (Å²) in [4.78, 5) is 20.8. The molecule has 0 unspecified atom stereocenters. The predicted octanol–water partition coefficient (Wildman–Crippen LogP) is 3.40. The van der Waals surface area contributed by atoms with Crippen LogP contribution in [-0.4, -0.2) is 47.9 Å². The molecule has 0 radical (unpaired) electrons. The van der Waals surface area contributed by atoms with Gasteiger partial charge in [-0.3, -0.25) is 4.79 Å². The van der Waals surface area contributed by atoms with Crippen LogP contribution in [0.3, 0.4) is 0 Å². The molecule has 0 spiro atoms. The Morgan fingerprint density at radius 1 is 1.05 bits per heavy atom. The smallest absolute Gasteiger partial charge is 0.264 e. The predicted molar refractivity (Wildman–Crippen MR) is 88.1 cm³/mol. The Morgan fingerprint density at radius 3 is 2.67 bits per heavy atom. The van der Waals surface area contributed by atoms with E-state index in [0.29, 0.717) is 6.04 Å². The summed E-state index contributed by atoms with van der Waals surface area (Å²) in [6.45, 7) is 4.22. The van der Waals surface area contributed by atoms with Crippen LogP contribution in [0.1, 0.15) is 22.5 Å². The molecule has 5 heterocycles. The Kier molecular flexibility index (Phi) is 3.57. The highest BCUT2D eigenvalue weighted by atomic mass is 32.1. The molecule has 110 valence electrons. The van der Waals surface area contributed by atoms with E-state index in [0.717, 1.165) is 43.9 Å². The van der Waals surface area contributed by atoms with E-state index >= 15 is 0 Å². The third-order valence-corrected chi connectivity index (χ3v) is 6.64. The fourth-order valence-corrected chi connectivity index (χ4v) is 5.10. The molecule has 5 heteroatoms. The first-order valence-corrected chi connectivity index (χ1v) is 9.18. The number of hydrogen-bond acceptors (Lipinski definition) is 4. The van der Waals surface area contributed by atoms with Crippen molar-refractivity contribution in [3.05, 3.63) is 34.5 Å². The number of hydrogen-bond donors (Lipinski definition) is 0. The van der Waals surface area contributed by atoms with E-state index in [1.54, 1.807) is 22.7 Å². The Labute approximate surface area is 132 Å². The zero-order valence-corrected chi connectivity index (χ0v) is 13.5. The van der Waals surface area contributed by atoms with Crippen LogP contribution in [0, 0.1) is 0 Å². The second-order valence-electron chi connectivity index (χ2n) is 5.71. The third kappa shape index (κ3) is 2.54. The van der Waals surface area contributed by atoms with Crippen LogP contribution in [0.5, 0.6) is 0 Å². The van der Waals surface area contributed by atoms with Crippen LogP contribution < -0.4 is 0 Å². The summed E-state index contributed by atoms with van der Waals surface area (Å²) in [5.74, 6) is 0.233. The second-order valence-corrected chi connectivity index (χ2v) is 7.74. The second kappa shape index (κ2) is 5.55. The summed E-state index contributed by atoms with van der Waals surface area (Å²) in [6, 6.07) is 8.71. The van der Waals surface area contributed by atoms with Crippen LogP contribution >= 0.6 is 22.7 Å². The number of amides is 1. The molecular weight excluding hydrogens is 300 g/mol. The van der Waals surface area contributed by atoms with Crippen molar-refractivity contribution in [3.63, 3.8) is 0 Å². The van der Waals surface area contributed by atoms with E-state index < -0.39 is 0 Å². The van der Waals surface area contributed by atoms with E-state index in [1.807, 2.05) is 6.07 Å². The van der Waals surface area contributed by atoms with Gasteiger partial charge < -0.3 is 9.80 Å². The van der Waals surface area contributed by atoms with Gasteiger partial charge in [0.2, 0.25) is 0 Å². The third-order valence-electron chi connectivity index (χ3n) is 4.50. The number of thiophene rings is 2. The first-order valence-electron chi connectivity index (χ1n) is 7.48. The normalized spacial score (nSPS) is 25.0. The molecule has 0 saturated carbocycles. The number of carbonyl (C=O) groups is 1. The molecule has 3 aliphatic heterocycles. The summed E-state index contributed by atoms with van der Waals surface area (Å²) in [5, 5.41) is 2.08. The SMILES string of the molecule is O=C(c1ccc(-c2cccs2)s1)N1CCN2CCC1CC2. The average molecular weight is 318 g/mol. The first-order chi connectivity index (χ1) is 10.3.